The molecule has 3 amide bonds. The summed E-state index contributed by atoms with van der Waals surface area (Å²) < 4.78 is 5.12. The van der Waals surface area contributed by atoms with Crippen LogP contribution in [0.2, 0.25) is 0 Å². The van der Waals surface area contributed by atoms with Crippen LogP contribution in [-0.2, 0) is 20.9 Å². The smallest absolute Gasteiger partial charge is 0.225 e. The van der Waals surface area contributed by atoms with Crippen molar-refractivity contribution in [3.8, 4) is 5.75 Å². The second-order valence-electron chi connectivity index (χ2n) is 6.15. The molecule has 1 aliphatic heterocycles. The molecule has 0 saturated carbocycles. The molecule has 1 saturated heterocycles. The first kappa shape index (κ1) is 18.8. The maximum absolute atomic E-state index is 12.2. The Kier molecular flexibility index (Phi) is 6.80. The zero-order valence-electron chi connectivity index (χ0n) is 14.7. The lowest BCUT2D eigenvalue weighted by molar-refractivity contribution is -0.129. The minimum absolute atomic E-state index is 0.00536. The molecular formula is C18H25N3O4. The van der Waals surface area contributed by atoms with E-state index in [1.54, 1.807) is 12.0 Å². The molecule has 1 aliphatic rings. The average molecular weight is 347 g/mol. The van der Waals surface area contributed by atoms with Crippen molar-refractivity contribution in [1.82, 2.24) is 15.5 Å². The molecule has 1 aromatic carbocycles. The van der Waals surface area contributed by atoms with Gasteiger partial charge >= 0.3 is 0 Å². The SMILES string of the molecule is COc1ccc(CN2CC(C(=O)NCCCNC(C)=O)CC2=O)cc1. The van der Waals surface area contributed by atoms with E-state index in [1.807, 2.05) is 24.3 Å². The van der Waals surface area contributed by atoms with Gasteiger partial charge in [0.15, 0.2) is 0 Å². The fourth-order valence-electron chi connectivity index (χ4n) is 2.76. The summed E-state index contributed by atoms with van der Waals surface area (Å²) in [6.07, 6.45) is 0.912. The second kappa shape index (κ2) is 9.05. The first-order valence-corrected chi connectivity index (χ1v) is 8.42. The van der Waals surface area contributed by atoms with E-state index in [0.717, 1.165) is 11.3 Å². The average Bonchev–Trinajstić information content (AvgIpc) is 2.95. The van der Waals surface area contributed by atoms with E-state index in [2.05, 4.69) is 10.6 Å². The van der Waals surface area contributed by atoms with Crippen molar-refractivity contribution in [2.45, 2.75) is 26.3 Å². The van der Waals surface area contributed by atoms with E-state index >= 15 is 0 Å². The predicted octanol–water partition coefficient (Wildman–Crippen LogP) is 0.686. The summed E-state index contributed by atoms with van der Waals surface area (Å²) in [4.78, 5) is 36.8. The van der Waals surface area contributed by atoms with Crippen molar-refractivity contribution in [3.05, 3.63) is 29.8 Å². The number of hydrogen-bond acceptors (Lipinski definition) is 4. The molecule has 136 valence electrons. The van der Waals surface area contributed by atoms with Crippen molar-refractivity contribution in [2.24, 2.45) is 5.92 Å². The van der Waals surface area contributed by atoms with E-state index < -0.39 is 0 Å². The Balaban J connectivity index is 1.76. The fraction of sp³-hybridized carbons (Fsp3) is 0.500. The third-order valence-corrected chi connectivity index (χ3v) is 4.14. The highest BCUT2D eigenvalue weighted by molar-refractivity contribution is 5.89. The van der Waals surface area contributed by atoms with Gasteiger partial charge in [-0.15, -0.1) is 0 Å². The Morgan fingerprint density at radius 1 is 1.20 bits per heavy atom. The third kappa shape index (κ3) is 5.77. The van der Waals surface area contributed by atoms with E-state index in [-0.39, 0.29) is 30.1 Å². The molecule has 0 aliphatic carbocycles. The van der Waals surface area contributed by atoms with E-state index in [4.69, 9.17) is 4.74 Å². The molecule has 0 radical (unpaired) electrons. The molecule has 2 rings (SSSR count). The van der Waals surface area contributed by atoms with Gasteiger partial charge in [-0.2, -0.15) is 0 Å². The minimum atomic E-state index is -0.313. The molecule has 0 spiro atoms. The van der Waals surface area contributed by atoms with Crippen LogP contribution in [0.3, 0.4) is 0 Å². The summed E-state index contributed by atoms with van der Waals surface area (Å²) in [5.74, 6) is 0.268. The van der Waals surface area contributed by atoms with E-state index in [0.29, 0.717) is 32.6 Å². The molecule has 1 atom stereocenters. The summed E-state index contributed by atoms with van der Waals surface area (Å²) in [6, 6.07) is 7.55. The first-order chi connectivity index (χ1) is 12.0. The number of amides is 3. The number of nitrogens with one attached hydrogen (secondary N) is 2. The third-order valence-electron chi connectivity index (χ3n) is 4.14. The number of rotatable bonds is 8. The maximum atomic E-state index is 12.2. The van der Waals surface area contributed by atoms with Crippen LogP contribution in [-0.4, -0.2) is 49.4 Å². The summed E-state index contributed by atoms with van der Waals surface area (Å²) in [5.41, 5.74) is 1.01. The van der Waals surface area contributed by atoms with Crippen LogP contribution in [0.1, 0.15) is 25.3 Å². The Morgan fingerprint density at radius 3 is 2.52 bits per heavy atom. The number of hydrogen-bond donors (Lipinski definition) is 2. The predicted molar refractivity (Wildman–Crippen MR) is 92.8 cm³/mol. The number of ether oxygens (including phenoxy) is 1. The Labute approximate surface area is 147 Å². The highest BCUT2D eigenvalue weighted by atomic mass is 16.5. The van der Waals surface area contributed by atoms with Gasteiger partial charge in [0.1, 0.15) is 5.75 Å². The van der Waals surface area contributed by atoms with Gasteiger partial charge < -0.3 is 20.3 Å². The molecule has 0 bridgehead atoms. The zero-order valence-corrected chi connectivity index (χ0v) is 14.7. The number of likely N-dealkylation sites (tertiary alicyclic amines) is 1. The highest BCUT2D eigenvalue weighted by Gasteiger charge is 2.33. The lowest BCUT2D eigenvalue weighted by Gasteiger charge is -2.17. The van der Waals surface area contributed by atoms with Gasteiger partial charge in [0.05, 0.1) is 13.0 Å². The zero-order chi connectivity index (χ0) is 18.2. The van der Waals surface area contributed by atoms with Gasteiger partial charge in [-0.05, 0) is 24.1 Å². The van der Waals surface area contributed by atoms with Crippen molar-refractivity contribution >= 4 is 17.7 Å². The van der Waals surface area contributed by atoms with Crippen molar-refractivity contribution < 1.29 is 19.1 Å². The van der Waals surface area contributed by atoms with Gasteiger partial charge in [-0.3, -0.25) is 14.4 Å². The molecule has 1 heterocycles. The van der Waals surface area contributed by atoms with Crippen molar-refractivity contribution in [3.63, 3.8) is 0 Å². The molecule has 25 heavy (non-hydrogen) atoms. The number of nitrogens with zero attached hydrogens (tertiary/aromatic N) is 1. The summed E-state index contributed by atoms with van der Waals surface area (Å²) >= 11 is 0. The van der Waals surface area contributed by atoms with Crippen LogP contribution in [0.4, 0.5) is 0 Å². The van der Waals surface area contributed by atoms with Gasteiger partial charge in [0, 0.05) is 39.5 Å². The molecule has 1 fully saturated rings. The molecule has 1 aromatic rings. The minimum Gasteiger partial charge on any atom is -0.497 e. The number of benzene rings is 1. The molecule has 2 N–H and O–H groups in total. The van der Waals surface area contributed by atoms with Gasteiger partial charge in [0.25, 0.3) is 0 Å². The lowest BCUT2D eigenvalue weighted by atomic mass is 10.1. The van der Waals surface area contributed by atoms with Crippen LogP contribution < -0.4 is 15.4 Å². The maximum Gasteiger partial charge on any atom is 0.225 e. The quantitative estimate of drug-likeness (QED) is 0.677. The Bertz CT molecular complexity index is 615. The Hall–Kier alpha value is -2.57. The lowest BCUT2D eigenvalue weighted by Crippen LogP contribution is -2.34. The van der Waals surface area contributed by atoms with E-state index in [1.165, 1.54) is 6.92 Å². The standard InChI is InChI=1S/C18H25N3O4/c1-13(22)19-8-3-9-20-18(24)15-10-17(23)21(12-15)11-14-4-6-16(25-2)7-5-14/h4-7,15H,3,8-12H2,1-2H3,(H,19,22)(H,20,24). The largest absolute Gasteiger partial charge is 0.497 e. The van der Waals surface area contributed by atoms with Crippen LogP contribution in [0.5, 0.6) is 5.75 Å². The topological polar surface area (TPSA) is 87.7 Å². The van der Waals surface area contributed by atoms with Crippen LogP contribution >= 0.6 is 0 Å². The molecular weight excluding hydrogens is 322 g/mol. The second-order valence-corrected chi connectivity index (χ2v) is 6.15. The van der Waals surface area contributed by atoms with Gasteiger partial charge in [-0.1, -0.05) is 12.1 Å². The summed E-state index contributed by atoms with van der Waals surface area (Å²) in [7, 11) is 1.61. The molecule has 7 nitrogen and oxygen atoms in total. The monoisotopic (exact) mass is 347 g/mol. The summed E-state index contributed by atoms with van der Waals surface area (Å²) in [5, 5.41) is 5.51. The number of carbonyl (C=O) groups is 3. The van der Waals surface area contributed by atoms with Crippen molar-refractivity contribution in [1.29, 1.82) is 0 Å². The Morgan fingerprint density at radius 2 is 1.88 bits per heavy atom. The number of carbonyl (C=O) groups excluding carboxylic acids is 3. The molecule has 1 unspecified atom stereocenters. The van der Waals surface area contributed by atoms with Crippen LogP contribution in [0.15, 0.2) is 24.3 Å². The summed E-state index contributed by atoms with van der Waals surface area (Å²) in [6.45, 7) is 3.41. The van der Waals surface area contributed by atoms with Crippen molar-refractivity contribution in [2.75, 3.05) is 26.7 Å². The van der Waals surface area contributed by atoms with Crippen LogP contribution in [0, 0.1) is 5.92 Å². The van der Waals surface area contributed by atoms with E-state index in [9.17, 15) is 14.4 Å². The van der Waals surface area contributed by atoms with Gasteiger partial charge in [-0.25, -0.2) is 0 Å². The normalized spacial score (nSPS) is 16.6. The fourth-order valence-corrected chi connectivity index (χ4v) is 2.76. The molecule has 0 aromatic heterocycles. The van der Waals surface area contributed by atoms with Gasteiger partial charge in [0.2, 0.25) is 17.7 Å². The molecule has 7 heteroatoms. The number of methoxy groups -OCH3 is 1. The van der Waals surface area contributed by atoms with Crippen LogP contribution in [0.25, 0.3) is 0 Å². The first-order valence-electron chi connectivity index (χ1n) is 8.42. The highest BCUT2D eigenvalue weighted by Crippen LogP contribution is 2.21.